The van der Waals surface area contributed by atoms with Crippen LogP contribution in [0.15, 0.2) is 36.4 Å². The van der Waals surface area contributed by atoms with Gasteiger partial charge in [-0.3, -0.25) is 0 Å². The van der Waals surface area contributed by atoms with Crippen molar-refractivity contribution in [2.45, 2.75) is 13.5 Å². The third-order valence-electron chi connectivity index (χ3n) is 2.77. The molecule has 0 fully saturated rings. The molecular formula is C15H11ClFNO. The van der Waals surface area contributed by atoms with E-state index in [1.807, 2.05) is 13.0 Å². The van der Waals surface area contributed by atoms with E-state index in [1.54, 1.807) is 24.3 Å². The molecule has 0 aliphatic heterocycles. The zero-order valence-corrected chi connectivity index (χ0v) is 11.0. The monoisotopic (exact) mass is 275 g/mol. The highest BCUT2D eigenvalue weighted by molar-refractivity contribution is 6.31. The van der Waals surface area contributed by atoms with Crippen molar-refractivity contribution in [2.24, 2.45) is 0 Å². The summed E-state index contributed by atoms with van der Waals surface area (Å²) in [5, 5.41) is 9.11. The minimum Gasteiger partial charge on any atom is -0.489 e. The van der Waals surface area contributed by atoms with E-state index in [0.29, 0.717) is 16.3 Å². The third kappa shape index (κ3) is 3.24. The Balaban J connectivity index is 2.13. The van der Waals surface area contributed by atoms with Crippen LogP contribution in [0, 0.1) is 24.1 Å². The summed E-state index contributed by atoms with van der Waals surface area (Å²) in [6.45, 7) is 2.15. The molecule has 0 bridgehead atoms. The van der Waals surface area contributed by atoms with E-state index in [1.165, 1.54) is 12.1 Å². The van der Waals surface area contributed by atoms with Gasteiger partial charge in [0.25, 0.3) is 0 Å². The number of hydrogen-bond donors (Lipinski definition) is 0. The van der Waals surface area contributed by atoms with Crippen molar-refractivity contribution in [2.75, 3.05) is 0 Å². The van der Waals surface area contributed by atoms with Gasteiger partial charge in [0.15, 0.2) is 0 Å². The van der Waals surface area contributed by atoms with Gasteiger partial charge in [-0.1, -0.05) is 17.7 Å². The predicted octanol–water partition coefficient (Wildman–Crippen LogP) is 4.24. The topological polar surface area (TPSA) is 33.0 Å². The molecule has 2 aromatic rings. The molecule has 96 valence electrons. The fourth-order valence-electron chi connectivity index (χ4n) is 1.63. The molecule has 19 heavy (non-hydrogen) atoms. The maximum Gasteiger partial charge on any atom is 0.123 e. The van der Waals surface area contributed by atoms with E-state index in [2.05, 4.69) is 0 Å². The molecule has 0 saturated heterocycles. The highest BCUT2D eigenvalue weighted by Crippen LogP contribution is 2.23. The molecule has 2 nitrogen and oxygen atoms in total. The summed E-state index contributed by atoms with van der Waals surface area (Å²) in [4.78, 5) is 0. The molecule has 0 unspecified atom stereocenters. The Morgan fingerprint density at radius 3 is 2.74 bits per heavy atom. The first-order valence-corrected chi connectivity index (χ1v) is 6.05. The van der Waals surface area contributed by atoms with Gasteiger partial charge in [-0.05, 0) is 42.3 Å². The highest BCUT2D eigenvalue weighted by atomic mass is 35.5. The minimum absolute atomic E-state index is 0.256. The molecule has 2 rings (SSSR count). The SMILES string of the molecule is Cc1ccc(F)cc1COc1ccc(C#N)c(Cl)c1. The zero-order valence-electron chi connectivity index (χ0n) is 10.3. The number of nitrogens with zero attached hydrogens (tertiary/aromatic N) is 1. The summed E-state index contributed by atoms with van der Waals surface area (Å²) >= 11 is 5.91. The first-order valence-electron chi connectivity index (χ1n) is 5.67. The average Bonchev–Trinajstić information content (AvgIpc) is 2.40. The number of rotatable bonds is 3. The van der Waals surface area contributed by atoms with E-state index >= 15 is 0 Å². The summed E-state index contributed by atoms with van der Waals surface area (Å²) in [5.41, 5.74) is 2.14. The fourth-order valence-corrected chi connectivity index (χ4v) is 1.85. The van der Waals surface area contributed by atoms with Crippen LogP contribution in [0.4, 0.5) is 4.39 Å². The van der Waals surface area contributed by atoms with Gasteiger partial charge >= 0.3 is 0 Å². The Labute approximate surface area is 116 Å². The average molecular weight is 276 g/mol. The molecule has 0 heterocycles. The number of benzene rings is 2. The molecule has 2 aromatic carbocycles. The lowest BCUT2D eigenvalue weighted by Gasteiger charge is -2.09. The second-order valence-corrected chi connectivity index (χ2v) is 4.52. The van der Waals surface area contributed by atoms with Gasteiger partial charge in [0.2, 0.25) is 0 Å². The van der Waals surface area contributed by atoms with Crippen molar-refractivity contribution in [3.05, 3.63) is 63.9 Å². The first-order chi connectivity index (χ1) is 9.10. The van der Waals surface area contributed by atoms with Crippen LogP contribution in [0.2, 0.25) is 5.02 Å². The number of aryl methyl sites for hydroxylation is 1. The molecule has 0 aromatic heterocycles. The Kier molecular flexibility index (Phi) is 4.03. The molecule has 0 radical (unpaired) electrons. The first kappa shape index (κ1) is 13.4. The number of nitriles is 1. The number of ether oxygens (including phenoxy) is 1. The lowest BCUT2D eigenvalue weighted by Crippen LogP contribution is -1.98. The van der Waals surface area contributed by atoms with Gasteiger partial charge in [0, 0.05) is 6.07 Å². The van der Waals surface area contributed by atoms with Crippen LogP contribution in [0.5, 0.6) is 5.75 Å². The second kappa shape index (κ2) is 5.73. The lowest BCUT2D eigenvalue weighted by atomic mass is 10.1. The molecule has 0 aliphatic carbocycles. The minimum atomic E-state index is -0.290. The van der Waals surface area contributed by atoms with E-state index < -0.39 is 0 Å². The Morgan fingerprint density at radius 1 is 1.26 bits per heavy atom. The maximum absolute atomic E-state index is 13.1. The van der Waals surface area contributed by atoms with E-state index in [-0.39, 0.29) is 12.4 Å². The normalized spacial score (nSPS) is 10.0. The van der Waals surface area contributed by atoms with E-state index in [0.717, 1.165) is 11.1 Å². The maximum atomic E-state index is 13.1. The van der Waals surface area contributed by atoms with Gasteiger partial charge in [0.1, 0.15) is 24.2 Å². The van der Waals surface area contributed by atoms with Crippen LogP contribution in [-0.4, -0.2) is 0 Å². The molecule has 0 spiro atoms. The molecule has 0 N–H and O–H groups in total. The molecule has 0 saturated carbocycles. The summed E-state index contributed by atoms with van der Waals surface area (Å²) in [6.07, 6.45) is 0. The van der Waals surface area contributed by atoms with E-state index in [9.17, 15) is 4.39 Å². The van der Waals surface area contributed by atoms with Crippen molar-refractivity contribution in [3.63, 3.8) is 0 Å². The molecule has 0 amide bonds. The number of halogens is 2. The van der Waals surface area contributed by atoms with Gasteiger partial charge in [0.05, 0.1) is 10.6 Å². The largest absolute Gasteiger partial charge is 0.489 e. The van der Waals surface area contributed by atoms with Crippen LogP contribution in [-0.2, 0) is 6.61 Å². The highest BCUT2D eigenvalue weighted by Gasteiger charge is 2.04. The predicted molar refractivity (Wildman–Crippen MR) is 71.6 cm³/mol. The molecule has 4 heteroatoms. The molecule has 0 atom stereocenters. The zero-order chi connectivity index (χ0) is 13.8. The Bertz CT molecular complexity index is 649. The van der Waals surface area contributed by atoms with Crippen LogP contribution < -0.4 is 4.74 Å². The summed E-state index contributed by atoms with van der Waals surface area (Å²) in [5.74, 6) is 0.259. The third-order valence-corrected chi connectivity index (χ3v) is 3.08. The molecule has 0 aliphatic rings. The summed E-state index contributed by atoms with van der Waals surface area (Å²) in [7, 11) is 0. The second-order valence-electron chi connectivity index (χ2n) is 4.11. The van der Waals surface area contributed by atoms with Crippen LogP contribution >= 0.6 is 11.6 Å². The Hall–Kier alpha value is -2.05. The van der Waals surface area contributed by atoms with E-state index in [4.69, 9.17) is 21.6 Å². The van der Waals surface area contributed by atoms with Crippen LogP contribution in [0.25, 0.3) is 0 Å². The van der Waals surface area contributed by atoms with Gasteiger partial charge in [-0.2, -0.15) is 5.26 Å². The van der Waals surface area contributed by atoms with Crippen molar-refractivity contribution in [1.29, 1.82) is 5.26 Å². The Morgan fingerprint density at radius 2 is 2.05 bits per heavy atom. The van der Waals surface area contributed by atoms with Crippen molar-refractivity contribution in [1.82, 2.24) is 0 Å². The smallest absolute Gasteiger partial charge is 0.123 e. The summed E-state index contributed by atoms with van der Waals surface area (Å²) in [6, 6.07) is 11.4. The van der Waals surface area contributed by atoms with Crippen LogP contribution in [0.1, 0.15) is 16.7 Å². The van der Waals surface area contributed by atoms with Gasteiger partial charge in [-0.15, -0.1) is 0 Å². The number of hydrogen-bond acceptors (Lipinski definition) is 2. The van der Waals surface area contributed by atoms with Gasteiger partial charge in [-0.25, -0.2) is 4.39 Å². The van der Waals surface area contributed by atoms with Crippen molar-refractivity contribution < 1.29 is 9.13 Å². The lowest BCUT2D eigenvalue weighted by molar-refractivity contribution is 0.305. The quantitative estimate of drug-likeness (QED) is 0.839. The van der Waals surface area contributed by atoms with Crippen molar-refractivity contribution >= 4 is 11.6 Å². The fraction of sp³-hybridized carbons (Fsp3) is 0.133. The summed E-state index contributed by atoms with van der Waals surface area (Å²) < 4.78 is 18.7. The van der Waals surface area contributed by atoms with Gasteiger partial charge < -0.3 is 4.74 Å². The van der Waals surface area contributed by atoms with Crippen molar-refractivity contribution in [3.8, 4) is 11.8 Å². The standard InChI is InChI=1S/C15H11ClFNO/c1-10-2-4-13(17)6-12(10)9-19-14-5-3-11(8-18)15(16)7-14/h2-7H,9H2,1H3. The molecular weight excluding hydrogens is 265 g/mol. The van der Waals surface area contributed by atoms with Crippen LogP contribution in [0.3, 0.4) is 0 Å².